The van der Waals surface area contributed by atoms with Crippen LogP contribution in [-0.2, 0) is 9.84 Å². The van der Waals surface area contributed by atoms with Crippen molar-refractivity contribution in [2.45, 2.75) is 9.79 Å². The molecule has 0 radical (unpaired) electrons. The lowest BCUT2D eigenvalue weighted by atomic mass is 10.2. The normalized spacial score (nSPS) is 11.2. The molecule has 0 saturated heterocycles. The third-order valence-corrected chi connectivity index (χ3v) is 6.11. The topological polar surface area (TPSA) is 76.1 Å². The molecular formula is C18H11Cl2FN2O3S. The summed E-state index contributed by atoms with van der Waals surface area (Å²) in [5.41, 5.74) is 0.304. The fraction of sp³-hybridized carbons (Fsp3) is 0. The summed E-state index contributed by atoms with van der Waals surface area (Å²) in [5, 5.41) is 2.75. The monoisotopic (exact) mass is 424 g/mol. The Labute approximate surface area is 164 Å². The van der Waals surface area contributed by atoms with Gasteiger partial charge in [0.25, 0.3) is 5.91 Å². The van der Waals surface area contributed by atoms with Gasteiger partial charge in [-0.05, 0) is 42.5 Å². The van der Waals surface area contributed by atoms with Gasteiger partial charge in [0.15, 0.2) is 0 Å². The zero-order valence-electron chi connectivity index (χ0n) is 13.5. The lowest BCUT2D eigenvalue weighted by Gasteiger charge is -2.09. The van der Waals surface area contributed by atoms with Crippen molar-refractivity contribution in [3.63, 3.8) is 0 Å². The third kappa shape index (κ3) is 4.10. The number of amides is 1. The van der Waals surface area contributed by atoms with Crippen LogP contribution in [0.2, 0.25) is 10.2 Å². The largest absolute Gasteiger partial charge is 0.321 e. The summed E-state index contributed by atoms with van der Waals surface area (Å²) in [7, 11) is -4.17. The summed E-state index contributed by atoms with van der Waals surface area (Å²) in [5.74, 6) is -1.68. The average Bonchev–Trinajstić information content (AvgIpc) is 2.63. The Morgan fingerprint density at radius 3 is 2.37 bits per heavy atom. The molecule has 0 atom stereocenters. The van der Waals surface area contributed by atoms with E-state index in [2.05, 4.69) is 10.3 Å². The van der Waals surface area contributed by atoms with Crippen molar-refractivity contribution < 1.29 is 17.6 Å². The lowest BCUT2D eigenvalue weighted by molar-refractivity contribution is 0.102. The molecular weight excluding hydrogens is 414 g/mol. The van der Waals surface area contributed by atoms with E-state index in [9.17, 15) is 17.6 Å². The number of nitrogens with zero attached hydrogens (tertiary/aromatic N) is 1. The number of hydrogen-bond donors (Lipinski definition) is 1. The highest BCUT2D eigenvalue weighted by molar-refractivity contribution is 7.91. The van der Waals surface area contributed by atoms with Crippen LogP contribution in [0.1, 0.15) is 10.4 Å². The first-order valence-electron chi connectivity index (χ1n) is 7.51. The summed E-state index contributed by atoms with van der Waals surface area (Å²) in [4.78, 5) is 15.3. The van der Waals surface area contributed by atoms with Crippen LogP contribution in [0.15, 0.2) is 70.6 Å². The number of halogens is 3. The molecule has 0 aliphatic rings. The minimum Gasteiger partial charge on any atom is -0.321 e. The number of benzene rings is 2. The van der Waals surface area contributed by atoms with Gasteiger partial charge in [-0.3, -0.25) is 4.79 Å². The first-order chi connectivity index (χ1) is 12.8. The van der Waals surface area contributed by atoms with Crippen LogP contribution < -0.4 is 5.32 Å². The Morgan fingerprint density at radius 1 is 1.00 bits per heavy atom. The molecule has 9 heteroatoms. The van der Waals surface area contributed by atoms with Crippen molar-refractivity contribution in [2.75, 3.05) is 5.32 Å². The van der Waals surface area contributed by atoms with E-state index in [-0.39, 0.29) is 20.6 Å². The molecule has 0 fully saturated rings. The number of pyridine rings is 1. The Kier molecular flexibility index (Phi) is 5.46. The quantitative estimate of drug-likeness (QED) is 0.620. The maximum atomic E-state index is 14.5. The van der Waals surface area contributed by atoms with Crippen molar-refractivity contribution in [3.8, 4) is 0 Å². The third-order valence-electron chi connectivity index (χ3n) is 3.60. The molecule has 1 aromatic heterocycles. The molecule has 3 rings (SSSR count). The number of carbonyl (C=O) groups is 1. The van der Waals surface area contributed by atoms with Gasteiger partial charge in [0, 0.05) is 5.56 Å². The molecule has 1 amide bonds. The van der Waals surface area contributed by atoms with E-state index in [1.807, 2.05) is 0 Å². The smallest absolute Gasteiger partial charge is 0.255 e. The Balaban J connectivity index is 1.90. The van der Waals surface area contributed by atoms with Gasteiger partial charge in [0.05, 0.1) is 21.8 Å². The number of hydrogen-bond acceptors (Lipinski definition) is 4. The SMILES string of the molecule is O=C(Nc1ccc(Cl)nc1)c1ccc(S(=O)(=O)c2ccccc2Cl)c(F)c1. The summed E-state index contributed by atoms with van der Waals surface area (Å²) in [6.07, 6.45) is 1.34. The second kappa shape index (κ2) is 7.64. The number of rotatable bonds is 4. The van der Waals surface area contributed by atoms with E-state index in [4.69, 9.17) is 23.2 Å². The van der Waals surface area contributed by atoms with E-state index in [0.717, 1.165) is 12.1 Å². The van der Waals surface area contributed by atoms with Gasteiger partial charge in [-0.25, -0.2) is 17.8 Å². The molecule has 1 N–H and O–H groups in total. The van der Waals surface area contributed by atoms with Gasteiger partial charge in [0.1, 0.15) is 15.9 Å². The van der Waals surface area contributed by atoms with Crippen molar-refractivity contribution >= 4 is 44.6 Å². The molecule has 27 heavy (non-hydrogen) atoms. The van der Waals surface area contributed by atoms with Gasteiger partial charge in [-0.1, -0.05) is 35.3 Å². The second-order valence-corrected chi connectivity index (χ2v) is 8.08. The van der Waals surface area contributed by atoms with Gasteiger partial charge in [0.2, 0.25) is 9.84 Å². The molecule has 1 heterocycles. The van der Waals surface area contributed by atoms with Crippen molar-refractivity contribution in [1.29, 1.82) is 0 Å². The lowest BCUT2D eigenvalue weighted by Crippen LogP contribution is -2.13. The Hall–Kier alpha value is -2.48. The zero-order valence-corrected chi connectivity index (χ0v) is 15.8. The van der Waals surface area contributed by atoms with Gasteiger partial charge in [-0.2, -0.15) is 0 Å². The fourth-order valence-electron chi connectivity index (χ4n) is 2.29. The fourth-order valence-corrected chi connectivity index (χ4v) is 4.23. The predicted octanol–water partition coefficient (Wildman–Crippen LogP) is 4.61. The average molecular weight is 425 g/mol. The number of carbonyl (C=O) groups excluding carboxylic acids is 1. The highest BCUT2D eigenvalue weighted by Gasteiger charge is 2.25. The number of anilines is 1. The highest BCUT2D eigenvalue weighted by atomic mass is 35.5. The van der Waals surface area contributed by atoms with E-state index < -0.39 is 26.5 Å². The van der Waals surface area contributed by atoms with Crippen LogP contribution in [0, 0.1) is 5.82 Å². The maximum Gasteiger partial charge on any atom is 0.255 e. The minimum atomic E-state index is -4.17. The molecule has 3 aromatic rings. The molecule has 2 aromatic carbocycles. The maximum absolute atomic E-state index is 14.5. The molecule has 0 spiro atoms. The Bertz CT molecular complexity index is 1120. The van der Waals surface area contributed by atoms with Crippen molar-refractivity contribution in [1.82, 2.24) is 4.98 Å². The molecule has 0 aliphatic carbocycles. The van der Waals surface area contributed by atoms with Crippen LogP contribution in [0.5, 0.6) is 0 Å². The van der Waals surface area contributed by atoms with Gasteiger partial charge in [-0.15, -0.1) is 0 Å². The molecule has 5 nitrogen and oxygen atoms in total. The van der Waals surface area contributed by atoms with Crippen LogP contribution in [0.4, 0.5) is 10.1 Å². The standard InChI is InChI=1S/C18H11Cl2FN2O3S/c19-13-3-1-2-4-15(13)27(25,26)16-7-5-11(9-14(16)21)18(24)23-12-6-8-17(20)22-10-12/h1-10H,(H,23,24). The number of nitrogens with one attached hydrogen (secondary N) is 1. The number of sulfone groups is 1. The van der Waals surface area contributed by atoms with Crippen molar-refractivity contribution in [3.05, 3.63) is 82.4 Å². The van der Waals surface area contributed by atoms with Gasteiger partial charge >= 0.3 is 0 Å². The van der Waals surface area contributed by atoms with Crippen LogP contribution in [-0.4, -0.2) is 19.3 Å². The zero-order chi connectivity index (χ0) is 19.6. The first-order valence-corrected chi connectivity index (χ1v) is 9.75. The number of aromatic nitrogens is 1. The minimum absolute atomic E-state index is 0.0195. The summed E-state index contributed by atoms with van der Waals surface area (Å²) < 4.78 is 39.8. The molecule has 0 bridgehead atoms. The van der Waals surface area contributed by atoms with Gasteiger partial charge < -0.3 is 5.32 Å². The predicted molar refractivity (Wildman–Crippen MR) is 101 cm³/mol. The van der Waals surface area contributed by atoms with Crippen LogP contribution in [0.3, 0.4) is 0 Å². The van der Waals surface area contributed by atoms with E-state index in [0.29, 0.717) is 5.69 Å². The molecule has 0 unspecified atom stereocenters. The summed E-state index contributed by atoms with van der Waals surface area (Å²) in [6, 6.07) is 11.8. The highest BCUT2D eigenvalue weighted by Crippen LogP contribution is 2.29. The van der Waals surface area contributed by atoms with E-state index in [1.54, 1.807) is 6.07 Å². The molecule has 0 aliphatic heterocycles. The first kappa shape index (κ1) is 19.3. The van der Waals surface area contributed by atoms with Crippen molar-refractivity contribution in [2.24, 2.45) is 0 Å². The molecule has 0 saturated carbocycles. The van der Waals surface area contributed by atoms with E-state index >= 15 is 0 Å². The summed E-state index contributed by atoms with van der Waals surface area (Å²) >= 11 is 11.6. The van der Waals surface area contributed by atoms with Crippen LogP contribution >= 0.6 is 23.2 Å². The summed E-state index contributed by atoms with van der Waals surface area (Å²) in [6.45, 7) is 0. The van der Waals surface area contributed by atoms with Crippen LogP contribution in [0.25, 0.3) is 0 Å². The molecule has 138 valence electrons. The van der Waals surface area contributed by atoms with E-state index in [1.165, 1.54) is 42.6 Å². The second-order valence-electron chi connectivity index (χ2n) is 5.40. The Morgan fingerprint density at radius 2 is 1.74 bits per heavy atom.